The molecule has 1 heteroatoms. The lowest BCUT2D eigenvalue weighted by Crippen LogP contribution is -1.94. The van der Waals surface area contributed by atoms with Gasteiger partial charge in [0.1, 0.15) is 0 Å². The van der Waals surface area contributed by atoms with Crippen LogP contribution >= 0.6 is 0 Å². The first-order valence-corrected chi connectivity index (χ1v) is 3.06. The van der Waals surface area contributed by atoms with Gasteiger partial charge in [0.25, 0.3) is 0 Å². The molecule has 1 N–H and O–H groups in total. The van der Waals surface area contributed by atoms with Crippen LogP contribution in [0, 0.1) is 5.92 Å². The number of rotatable bonds is 0. The Balaban J connectivity index is 2.29. The van der Waals surface area contributed by atoms with E-state index in [0.717, 1.165) is 5.92 Å². The molecule has 0 amide bonds. The maximum Gasteiger partial charge on any atom is 0.0875 e. The molecule has 40 valence electrons. The summed E-state index contributed by atoms with van der Waals surface area (Å²) in [4.78, 5) is 0. The molecule has 2 unspecified atom stereocenters. The van der Waals surface area contributed by atoms with Gasteiger partial charge in [0.15, 0.2) is 0 Å². The van der Waals surface area contributed by atoms with Gasteiger partial charge in [-0.2, -0.15) is 0 Å². The molecule has 0 radical (unpaired) electrons. The second kappa shape index (κ2) is 0.661. The predicted octanol–water partition coefficient (Wildman–Crippen LogP) is 0.802. The average molecular weight is 105 g/mol. The normalized spacial score (nSPS) is 45.8. The van der Waals surface area contributed by atoms with Crippen LogP contribution in [0.25, 0.3) is 0 Å². The van der Waals surface area contributed by atoms with E-state index < -0.39 is 0 Å². The number of fused-ring (bicyclic) bond motifs is 2. The number of hydrogen-bond donors (Lipinski definition) is 1. The van der Waals surface area contributed by atoms with Crippen molar-refractivity contribution in [3.05, 3.63) is 23.4 Å². The fourth-order valence-corrected chi connectivity index (χ4v) is 1.68. The quantitative estimate of drug-likeness (QED) is 0.357. The molecule has 2 atom stereocenters. The van der Waals surface area contributed by atoms with Gasteiger partial charge in [-0.05, 0) is 17.6 Å². The summed E-state index contributed by atoms with van der Waals surface area (Å²) in [6, 6.07) is 0.642. The van der Waals surface area contributed by atoms with E-state index in [2.05, 4.69) is 11.9 Å². The van der Waals surface area contributed by atoms with E-state index in [9.17, 15) is 0 Å². The highest BCUT2D eigenvalue weighted by Crippen LogP contribution is 2.58. The second-order valence-corrected chi connectivity index (χ2v) is 2.85. The first kappa shape index (κ1) is 3.33. The summed E-state index contributed by atoms with van der Waals surface area (Å²) < 4.78 is 0. The van der Waals surface area contributed by atoms with Crippen molar-refractivity contribution in [2.45, 2.75) is 12.5 Å². The summed E-state index contributed by atoms with van der Waals surface area (Å²) in [6.07, 6.45) is 1.32. The van der Waals surface area contributed by atoms with Crippen molar-refractivity contribution < 1.29 is 0 Å². The highest BCUT2D eigenvalue weighted by atomic mass is 15.1. The lowest BCUT2D eigenvalue weighted by molar-refractivity contribution is 0.958. The van der Waals surface area contributed by atoms with Gasteiger partial charge in [-0.25, -0.2) is 0 Å². The standard InChI is InChI=1S/C7H7N/c1-3-4-2-5(4)7-6(3)8-7/h4,6,8H,1-2H2. The van der Waals surface area contributed by atoms with E-state index in [4.69, 9.17) is 0 Å². The van der Waals surface area contributed by atoms with E-state index in [0.29, 0.717) is 6.04 Å². The van der Waals surface area contributed by atoms with Gasteiger partial charge in [-0.15, -0.1) is 0 Å². The van der Waals surface area contributed by atoms with E-state index in [-0.39, 0.29) is 0 Å². The van der Waals surface area contributed by atoms with Crippen LogP contribution < -0.4 is 5.32 Å². The van der Waals surface area contributed by atoms with Gasteiger partial charge >= 0.3 is 0 Å². The van der Waals surface area contributed by atoms with Crippen molar-refractivity contribution in [1.82, 2.24) is 5.32 Å². The van der Waals surface area contributed by atoms with Crippen LogP contribution in [0.4, 0.5) is 0 Å². The SMILES string of the molecule is C=C1C2CC2=C2NC12. The Kier molecular flexibility index (Phi) is 0.275. The minimum absolute atomic E-state index is 0.642. The van der Waals surface area contributed by atoms with Crippen LogP contribution in [0.3, 0.4) is 0 Å². The Morgan fingerprint density at radius 2 is 2.50 bits per heavy atom. The number of nitrogens with one attached hydrogen (secondary N) is 1. The van der Waals surface area contributed by atoms with Gasteiger partial charge in [-0.1, -0.05) is 6.58 Å². The lowest BCUT2D eigenvalue weighted by Gasteiger charge is -1.90. The Morgan fingerprint density at radius 3 is 2.88 bits per heavy atom. The molecule has 8 heavy (non-hydrogen) atoms. The van der Waals surface area contributed by atoms with Crippen LogP contribution in [0.5, 0.6) is 0 Å². The van der Waals surface area contributed by atoms with E-state index in [1.165, 1.54) is 17.7 Å². The zero-order chi connectivity index (χ0) is 5.30. The smallest absolute Gasteiger partial charge is 0.0875 e. The molecule has 1 saturated heterocycles. The molecule has 0 aromatic carbocycles. The van der Waals surface area contributed by atoms with Gasteiger partial charge in [0.05, 0.1) is 6.04 Å². The van der Waals surface area contributed by atoms with Crippen molar-refractivity contribution in [2.24, 2.45) is 5.92 Å². The van der Waals surface area contributed by atoms with Crippen molar-refractivity contribution in [3.63, 3.8) is 0 Å². The highest BCUT2D eigenvalue weighted by molar-refractivity contribution is 5.60. The monoisotopic (exact) mass is 105 g/mol. The van der Waals surface area contributed by atoms with Crippen molar-refractivity contribution in [1.29, 1.82) is 0 Å². The number of allylic oxidation sites excluding steroid dienone is 1. The van der Waals surface area contributed by atoms with Crippen LogP contribution in [0.15, 0.2) is 23.4 Å². The summed E-state index contributed by atoms with van der Waals surface area (Å²) in [5.41, 5.74) is 4.59. The maximum absolute atomic E-state index is 4.00. The minimum atomic E-state index is 0.642. The van der Waals surface area contributed by atoms with Gasteiger partial charge < -0.3 is 5.32 Å². The van der Waals surface area contributed by atoms with Crippen LogP contribution in [0.1, 0.15) is 6.42 Å². The largest absolute Gasteiger partial charge is 0.375 e. The summed E-state index contributed by atoms with van der Waals surface area (Å²) >= 11 is 0. The fraction of sp³-hybridized carbons (Fsp3) is 0.429. The van der Waals surface area contributed by atoms with Gasteiger partial charge in [-0.3, -0.25) is 0 Å². The zero-order valence-electron chi connectivity index (χ0n) is 4.57. The third kappa shape index (κ3) is 0.178. The van der Waals surface area contributed by atoms with E-state index in [1.807, 2.05) is 0 Å². The summed E-state index contributed by atoms with van der Waals surface area (Å²) in [5.74, 6) is 0.830. The Labute approximate surface area is 48.1 Å². The van der Waals surface area contributed by atoms with Crippen LogP contribution in [-0.2, 0) is 0 Å². The topological polar surface area (TPSA) is 21.9 Å². The van der Waals surface area contributed by atoms with Crippen molar-refractivity contribution >= 4 is 0 Å². The van der Waals surface area contributed by atoms with Crippen molar-refractivity contribution in [3.8, 4) is 0 Å². The van der Waals surface area contributed by atoms with E-state index in [1.54, 1.807) is 5.57 Å². The molecule has 0 spiro atoms. The maximum atomic E-state index is 4.00. The first-order valence-electron chi connectivity index (χ1n) is 3.06. The Bertz CT molecular complexity index is 203. The predicted molar refractivity (Wildman–Crippen MR) is 31.2 cm³/mol. The first-order chi connectivity index (χ1) is 3.88. The molecular formula is C7H7N. The molecule has 2 fully saturated rings. The molecule has 0 bridgehead atoms. The molecule has 1 saturated carbocycles. The Morgan fingerprint density at radius 1 is 1.62 bits per heavy atom. The summed E-state index contributed by atoms with van der Waals surface area (Å²) in [7, 11) is 0. The third-order valence-corrected chi connectivity index (χ3v) is 2.35. The van der Waals surface area contributed by atoms with Crippen LogP contribution in [-0.4, -0.2) is 6.04 Å². The van der Waals surface area contributed by atoms with Crippen molar-refractivity contribution in [2.75, 3.05) is 0 Å². The highest BCUT2D eigenvalue weighted by Gasteiger charge is 2.54. The minimum Gasteiger partial charge on any atom is -0.375 e. The fourth-order valence-electron chi connectivity index (χ4n) is 1.68. The molecular weight excluding hydrogens is 98.1 g/mol. The molecule has 3 rings (SSSR count). The van der Waals surface area contributed by atoms with Gasteiger partial charge in [0, 0.05) is 11.6 Å². The molecule has 1 heterocycles. The molecule has 3 aliphatic rings. The Hall–Kier alpha value is -0.720. The zero-order valence-corrected chi connectivity index (χ0v) is 4.57. The summed E-state index contributed by atoms with van der Waals surface area (Å²) in [6.45, 7) is 4.00. The molecule has 0 aromatic rings. The van der Waals surface area contributed by atoms with Crippen LogP contribution in [0.2, 0.25) is 0 Å². The molecule has 0 aromatic heterocycles. The van der Waals surface area contributed by atoms with Gasteiger partial charge in [0.2, 0.25) is 0 Å². The lowest BCUT2D eigenvalue weighted by atomic mass is 10.2. The second-order valence-electron chi connectivity index (χ2n) is 2.85. The van der Waals surface area contributed by atoms with E-state index >= 15 is 0 Å². The number of hydrogen-bond acceptors (Lipinski definition) is 1. The third-order valence-electron chi connectivity index (χ3n) is 2.35. The molecule has 2 aliphatic carbocycles. The molecule has 1 aliphatic heterocycles. The summed E-state index contributed by atoms with van der Waals surface area (Å²) in [5, 5.41) is 3.29. The molecule has 1 nitrogen and oxygen atoms in total. The average Bonchev–Trinajstić information content (AvgIpc) is 2.58.